The van der Waals surface area contributed by atoms with Crippen LogP contribution in [0.5, 0.6) is 0 Å². The molecule has 1 aromatic heterocycles. The highest BCUT2D eigenvalue weighted by Gasteiger charge is 2.26. The minimum Gasteiger partial charge on any atom is -0.444 e. The summed E-state index contributed by atoms with van der Waals surface area (Å²) in [5.74, 6) is 1.36. The van der Waals surface area contributed by atoms with Gasteiger partial charge in [-0.2, -0.15) is 0 Å². The zero-order valence-electron chi connectivity index (χ0n) is 17.2. The Kier molecular flexibility index (Phi) is 8.00. The summed E-state index contributed by atoms with van der Waals surface area (Å²) in [7, 11) is 0. The first-order valence-corrected chi connectivity index (χ1v) is 9.98. The van der Waals surface area contributed by atoms with Crippen LogP contribution in [0, 0.1) is 5.92 Å². The van der Waals surface area contributed by atoms with Gasteiger partial charge in [-0.25, -0.2) is 4.79 Å². The van der Waals surface area contributed by atoms with Gasteiger partial charge in [0, 0.05) is 51.7 Å². The van der Waals surface area contributed by atoms with Crippen LogP contribution in [0.4, 0.5) is 4.79 Å². The van der Waals surface area contributed by atoms with Crippen LogP contribution in [0.3, 0.4) is 0 Å². The average molecular weight is 378 g/mol. The van der Waals surface area contributed by atoms with Crippen LogP contribution < -0.4 is 10.6 Å². The van der Waals surface area contributed by atoms with Crippen molar-refractivity contribution in [3.63, 3.8) is 0 Å². The molecule has 0 aliphatic carbocycles. The molecule has 27 heavy (non-hydrogen) atoms. The van der Waals surface area contributed by atoms with Crippen LogP contribution in [0.25, 0.3) is 0 Å². The Morgan fingerprint density at radius 3 is 2.44 bits per heavy atom. The number of aromatic nitrogens is 1. The van der Waals surface area contributed by atoms with Crippen molar-refractivity contribution in [2.75, 3.05) is 32.7 Å². The van der Waals surface area contributed by atoms with Crippen LogP contribution in [-0.2, 0) is 11.3 Å². The second-order valence-electron chi connectivity index (χ2n) is 7.98. The Labute approximate surface area is 163 Å². The van der Waals surface area contributed by atoms with Gasteiger partial charge in [-0.15, -0.1) is 0 Å². The summed E-state index contributed by atoms with van der Waals surface area (Å²) >= 11 is 0. The molecule has 1 aromatic rings. The van der Waals surface area contributed by atoms with E-state index < -0.39 is 5.60 Å². The molecule has 152 valence electrons. The minimum absolute atomic E-state index is 0.204. The van der Waals surface area contributed by atoms with Crippen LogP contribution in [0.2, 0.25) is 0 Å². The third-order valence-electron chi connectivity index (χ3n) is 4.45. The molecule has 2 N–H and O–H groups in total. The van der Waals surface area contributed by atoms with Gasteiger partial charge in [0.05, 0.1) is 0 Å². The van der Waals surface area contributed by atoms with Crippen LogP contribution in [0.1, 0.15) is 40.5 Å². The number of rotatable bonds is 6. The van der Waals surface area contributed by atoms with E-state index in [0.29, 0.717) is 5.92 Å². The normalized spacial score (nSPS) is 16.3. The molecule has 0 unspecified atom stereocenters. The molecule has 0 spiro atoms. The van der Waals surface area contributed by atoms with Gasteiger partial charge in [-0.05, 0) is 58.6 Å². The monoisotopic (exact) mass is 377 g/mol. The summed E-state index contributed by atoms with van der Waals surface area (Å²) < 4.78 is 7.60. The van der Waals surface area contributed by atoms with E-state index >= 15 is 0 Å². The fourth-order valence-electron chi connectivity index (χ4n) is 3.01. The molecule has 7 nitrogen and oxygen atoms in total. The Morgan fingerprint density at radius 2 is 1.85 bits per heavy atom. The first-order valence-electron chi connectivity index (χ1n) is 9.98. The maximum Gasteiger partial charge on any atom is 0.410 e. The van der Waals surface area contributed by atoms with Crippen molar-refractivity contribution in [2.45, 2.75) is 52.7 Å². The van der Waals surface area contributed by atoms with E-state index in [1.807, 2.05) is 37.8 Å². The Bertz CT molecular complexity index is 584. The molecule has 1 amide bonds. The average Bonchev–Trinajstić information content (AvgIpc) is 3.12. The van der Waals surface area contributed by atoms with Gasteiger partial charge in [0.2, 0.25) is 0 Å². The maximum atomic E-state index is 12.1. The van der Waals surface area contributed by atoms with Gasteiger partial charge in [0.1, 0.15) is 5.60 Å². The lowest BCUT2D eigenvalue weighted by Crippen LogP contribution is -2.42. The van der Waals surface area contributed by atoms with Crippen molar-refractivity contribution in [3.8, 4) is 0 Å². The summed E-state index contributed by atoms with van der Waals surface area (Å²) in [4.78, 5) is 18.7. The summed E-state index contributed by atoms with van der Waals surface area (Å²) in [5, 5.41) is 6.68. The molecule has 0 radical (unpaired) electrons. The van der Waals surface area contributed by atoms with Crippen molar-refractivity contribution < 1.29 is 9.53 Å². The van der Waals surface area contributed by atoms with Crippen molar-refractivity contribution in [2.24, 2.45) is 10.9 Å². The highest BCUT2D eigenvalue weighted by atomic mass is 16.6. The van der Waals surface area contributed by atoms with Gasteiger partial charge in [0.15, 0.2) is 5.96 Å². The number of nitrogens with zero attached hydrogens (tertiary/aromatic N) is 3. The lowest BCUT2D eigenvalue weighted by atomic mass is 9.97. The van der Waals surface area contributed by atoms with E-state index in [1.165, 1.54) is 0 Å². The molecule has 2 rings (SSSR count). The molecular weight excluding hydrogens is 342 g/mol. The van der Waals surface area contributed by atoms with E-state index in [9.17, 15) is 4.79 Å². The van der Waals surface area contributed by atoms with Crippen molar-refractivity contribution >= 4 is 12.1 Å². The molecule has 7 heteroatoms. The lowest BCUT2D eigenvalue weighted by molar-refractivity contribution is 0.0187. The summed E-state index contributed by atoms with van der Waals surface area (Å²) in [6.07, 6.45) is 5.84. The number of nitrogens with one attached hydrogen (secondary N) is 2. The summed E-state index contributed by atoms with van der Waals surface area (Å²) in [5.41, 5.74) is -0.439. The predicted octanol–water partition coefficient (Wildman–Crippen LogP) is 2.69. The van der Waals surface area contributed by atoms with Gasteiger partial charge < -0.3 is 24.8 Å². The molecular formula is C20H35N5O2. The summed E-state index contributed by atoms with van der Waals surface area (Å²) in [6, 6.07) is 4.06. The first kappa shape index (κ1) is 21.1. The smallest absolute Gasteiger partial charge is 0.410 e. The molecule has 0 atom stereocenters. The van der Waals surface area contributed by atoms with E-state index in [2.05, 4.69) is 34.5 Å². The molecule has 1 fully saturated rings. The fourth-order valence-corrected chi connectivity index (χ4v) is 3.01. The number of piperidine rings is 1. The van der Waals surface area contributed by atoms with E-state index in [4.69, 9.17) is 9.73 Å². The number of carbonyl (C=O) groups excluding carboxylic acids is 1. The van der Waals surface area contributed by atoms with Gasteiger partial charge >= 0.3 is 6.09 Å². The second kappa shape index (κ2) is 10.2. The Morgan fingerprint density at radius 1 is 1.19 bits per heavy atom. The number of likely N-dealkylation sites (tertiary alicyclic amines) is 1. The standard InChI is InChI=1S/C20H35N5O2/c1-5-21-18(22-10-15-24-11-6-7-12-24)23-16-17-8-13-25(14-9-17)19(26)27-20(2,3)4/h6-7,11-12,17H,5,8-10,13-16H2,1-4H3,(H2,21,22,23). The predicted molar refractivity (Wildman–Crippen MR) is 109 cm³/mol. The Hall–Kier alpha value is -2.18. The van der Waals surface area contributed by atoms with Crippen molar-refractivity contribution in [1.29, 1.82) is 0 Å². The second-order valence-corrected chi connectivity index (χ2v) is 7.98. The number of amides is 1. The largest absolute Gasteiger partial charge is 0.444 e. The molecule has 0 aromatic carbocycles. The molecule has 0 bridgehead atoms. The maximum absolute atomic E-state index is 12.1. The summed E-state index contributed by atoms with van der Waals surface area (Å²) in [6.45, 7) is 12.6. The zero-order valence-corrected chi connectivity index (χ0v) is 17.2. The third kappa shape index (κ3) is 7.93. The number of ether oxygens (including phenoxy) is 1. The van der Waals surface area contributed by atoms with E-state index in [-0.39, 0.29) is 6.09 Å². The lowest BCUT2D eigenvalue weighted by Gasteiger charge is -2.33. The molecule has 1 aliphatic rings. The van der Waals surface area contributed by atoms with Gasteiger partial charge in [-0.3, -0.25) is 4.99 Å². The topological polar surface area (TPSA) is 70.9 Å². The van der Waals surface area contributed by atoms with Crippen molar-refractivity contribution in [1.82, 2.24) is 20.1 Å². The molecule has 1 saturated heterocycles. The highest BCUT2D eigenvalue weighted by molar-refractivity contribution is 5.79. The number of guanidine groups is 1. The van der Waals surface area contributed by atoms with Crippen molar-refractivity contribution in [3.05, 3.63) is 24.5 Å². The molecule has 0 saturated carbocycles. The number of carbonyl (C=O) groups is 1. The van der Waals surface area contributed by atoms with Crippen LogP contribution in [0.15, 0.2) is 29.5 Å². The van der Waals surface area contributed by atoms with E-state index in [0.717, 1.165) is 58.1 Å². The number of hydrogen-bond donors (Lipinski definition) is 2. The quantitative estimate of drug-likeness (QED) is 0.591. The Balaban J connectivity index is 1.73. The number of hydrogen-bond acceptors (Lipinski definition) is 3. The minimum atomic E-state index is -0.439. The molecule has 1 aliphatic heterocycles. The van der Waals surface area contributed by atoms with Gasteiger partial charge in [-0.1, -0.05) is 0 Å². The third-order valence-corrected chi connectivity index (χ3v) is 4.45. The van der Waals surface area contributed by atoms with Gasteiger partial charge in [0.25, 0.3) is 0 Å². The number of aliphatic imine (C=N–C) groups is 1. The van der Waals surface area contributed by atoms with E-state index in [1.54, 1.807) is 0 Å². The first-order chi connectivity index (χ1) is 12.9. The highest BCUT2D eigenvalue weighted by Crippen LogP contribution is 2.19. The molecule has 2 heterocycles. The SMILES string of the molecule is CCNC(=NCC1CCN(C(=O)OC(C)(C)C)CC1)NCCn1cccc1. The zero-order chi connectivity index (χ0) is 19.7. The van der Waals surface area contributed by atoms with Crippen LogP contribution >= 0.6 is 0 Å². The fraction of sp³-hybridized carbons (Fsp3) is 0.700. The van der Waals surface area contributed by atoms with Crippen LogP contribution in [-0.4, -0.2) is 59.8 Å².